The summed E-state index contributed by atoms with van der Waals surface area (Å²) in [6.07, 6.45) is 16.2. The van der Waals surface area contributed by atoms with Crippen LogP contribution in [0.2, 0.25) is 0 Å². The van der Waals surface area contributed by atoms with Crippen molar-refractivity contribution < 1.29 is 14.4 Å². The van der Waals surface area contributed by atoms with Crippen molar-refractivity contribution in [1.29, 1.82) is 0 Å². The topological polar surface area (TPSA) is 141 Å². The van der Waals surface area contributed by atoms with E-state index in [9.17, 15) is 14.4 Å². The number of hydrogen-bond acceptors (Lipinski definition) is 7. The molecule has 2 aromatic heterocycles. The number of H-pyrrole nitrogens is 2. The van der Waals surface area contributed by atoms with E-state index in [-0.39, 0.29) is 17.7 Å². The maximum atomic E-state index is 11.3. The Kier molecular flexibility index (Phi) is 16.8. The molecule has 9 atom stereocenters. The molecule has 12 heteroatoms. The van der Waals surface area contributed by atoms with Crippen molar-refractivity contribution in [2.75, 3.05) is 71.3 Å². The molecule has 72 heavy (non-hydrogen) atoms. The van der Waals surface area contributed by atoms with Crippen molar-refractivity contribution in [3.05, 3.63) is 100 Å². The Hall–Kier alpha value is -5.17. The van der Waals surface area contributed by atoms with Gasteiger partial charge in [-0.3, -0.25) is 29.1 Å². The van der Waals surface area contributed by atoms with Crippen LogP contribution >= 0.6 is 0 Å². The molecule has 5 heterocycles. The second-order valence-electron chi connectivity index (χ2n) is 22.4. The van der Waals surface area contributed by atoms with Crippen LogP contribution in [0.3, 0.4) is 0 Å². The SMILES string of the molecule is CCCN1C[C@H](CNC(C)=O)C[C@@H]2c3cccc(NC)c3CC[C@H]21.CCCN1C[C@H](CNC(C)=O)C[C@@H]2c3cccc4[nH]cc(c34)C[C@H]21.CCCN1C[C@H](CNC(C)=O)C[C@@H]2c3cccc4[nH]cc(c34)C[C@H]21. The number of aromatic amines is 2. The molecule has 6 N–H and O–H groups in total. The van der Waals surface area contributed by atoms with Gasteiger partial charge in [-0.25, -0.2) is 0 Å². The third-order valence-electron chi connectivity index (χ3n) is 17.4. The standard InChI is InChI=1S/2C20H27N3O.C20H31N3O/c2*1-3-7-23-12-14(10-21-13(2)24)8-17-16-5-4-6-18-20(16)15(11-22-18)9-19(17)23;1-4-10-23-13-15(12-22-14(2)24)11-18-16-6-5-7-19(21-3)17(16)8-9-20(18)23/h2*4-6,11,14,17,19,22H,3,7-10,12H2,1-2H3,(H,21,24);5-7,15,18,20-21H,4,8-13H2,1-3H3,(H,22,24)/t2*14-,17+,19+;15-,18+,20+/m000/s1. The minimum absolute atomic E-state index is 0.0813. The molecule has 3 aliphatic heterocycles. The van der Waals surface area contributed by atoms with Crippen molar-refractivity contribution >= 4 is 45.2 Å². The van der Waals surface area contributed by atoms with Crippen LogP contribution in [-0.2, 0) is 33.6 Å². The zero-order valence-corrected chi connectivity index (χ0v) is 44.5. The lowest BCUT2D eigenvalue weighted by Crippen LogP contribution is -2.52. The van der Waals surface area contributed by atoms with Crippen molar-refractivity contribution in [1.82, 2.24) is 40.6 Å². The van der Waals surface area contributed by atoms with Crippen LogP contribution in [0.4, 0.5) is 5.69 Å². The molecule has 5 aromatic rings. The van der Waals surface area contributed by atoms with Gasteiger partial charge in [-0.2, -0.15) is 0 Å². The summed E-state index contributed by atoms with van der Waals surface area (Å²) in [7, 11) is 2.02. The van der Waals surface area contributed by atoms with Gasteiger partial charge in [0.2, 0.25) is 17.7 Å². The van der Waals surface area contributed by atoms with Gasteiger partial charge in [0.25, 0.3) is 0 Å². The fourth-order valence-corrected chi connectivity index (χ4v) is 14.5. The molecule has 3 saturated heterocycles. The van der Waals surface area contributed by atoms with Gasteiger partial charge in [0.15, 0.2) is 0 Å². The van der Waals surface area contributed by atoms with Crippen molar-refractivity contribution in [2.24, 2.45) is 17.8 Å². The van der Waals surface area contributed by atoms with E-state index in [1.165, 1.54) is 119 Å². The highest BCUT2D eigenvalue weighted by Gasteiger charge is 2.43. The smallest absolute Gasteiger partial charge is 0.216 e. The van der Waals surface area contributed by atoms with Crippen LogP contribution in [0.5, 0.6) is 0 Å². The summed E-state index contributed by atoms with van der Waals surface area (Å²) in [6, 6.07) is 22.0. The molecule has 0 radical (unpaired) electrons. The van der Waals surface area contributed by atoms with Gasteiger partial charge in [-0.15, -0.1) is 0 Å². The number of rotatable bonds is 13. The first-order valence-corrected chi connectivity index (χ1v) is 27.9. The van der Waals surface area contributed by atoms with Crippen LogP contribution in [0.1, 0.15) is 138 Å². The number of benzene rings is 3. The molecule has 0 bridgehead atoms. The molecule has 0 unspecified atom stereocenters. The quantitative estimate of drug-likeness (QED) is 0.0692. The predicted octanol–water partition coefficient (Wildman–Crippen LogP) is 9.08. The van der Waals surface area contributed by atoms with Gasteiger partial charge in [0.1, 0.15) is 0 Å². The first kappa shape index (κ1) is 51.7. The summed E-state index contributed by atoms with van der Waals surface area (Å²) < 4.78 is 0. The molecule has 12 nitrogen and oxygen atoms in total. The molecular formula is C60H85N9O3. The highest BCUT2D eigenvalue weighted by molar-refractivity contribution is 5.89. The Morgan fingerprint density at radius 2 is 0.958 bits per heavy atom. The number of nitrogens with zero attached hydrogens (tertiary/aromatic N) is 3. The first-order chi connectivity index (χ1) is 35.0. The van der Waals surface area contributed by atoms with Crippen LogP contribution < -0.4 is 21.3 Å². The van der Waals surface area contributed by atoms with Crippen molar-refractivity contribution in [3.63, 3.8) is 0 Å². The number of likely N-dealkylation sites (tertiary alicyclic amines) is 3. The summed E-state index contributed by atoms with van der Waals surface area (Å²) in [5, 5.41) is 15.4. The lowest BCUT2D eigenvalue weighted by molar-refractivity contribution is -0.120. The second-order valence-corrected chi connectivity index (χ2v) is 22.4. The van der Waals surface area contributed by atoms with Gasteiger partial charge in [0.05, 0.1) is 0 Å². The van der Waals surface area contributed by atoms with E-state index < -0.39 is 0 Å². The molecule has 0 spiro atoms. The first-order valence-electron chi connectivity index (χ1n) is 27.9. The average Bonchev–Trinajstić information content (AvgIpc) is 4.00. The summed E-state index contributed by atoms with van der Waals surface area (Å²) in [5.41, 5.74) is 12.8. The lowest BCUT2D eigenvalue weighted by atomic mass is 9.71. The second kappa shape index (κ2) is 23.4. The summed E-state index contributed by atoms with van der Waals surface area (Å²) in [4.78, 5) is 48.9. The van der Waals surface area contributed by atoms with Gasteiger partial charge in [0, 0.05) is 143 Å². The van der Waals surface area contributed by atoms with E-state index in [0.717, 1.165) is 65.2 Å². The summed E-state index contributed by atoms with van der Waals surface area (Å²) in [5.74, 6) is 3.63. The Balaban J connectivity index is 0.000000133. The minimum atomic E-state index is 0.0813. The Bertz CT molecular complexity index is 2530. The normalized spacial score (nSPS) is 26.3. The van der Waals surface area contributed by atoms with Gasteiger partial charge >= 0.3 is 0 Å². The zero-order chi connectivity index (χ0) is 50.5. The maximum Gasteiger partial charge on any atom is 0.216 e. The number of hydrogen-bond donors (Lipinski definition) is 6. The highest BCUT2D eigenvalue weighted by Crippen LogP contribution is 2.47. The van der Waals surface area contributed by atoms with E-state index in [2.05, 4.69) is 134 Å². The molecule has 388 valence electrons. The fourth-order valence-electron chi connectivity index (χ4n) is 14.5. The monoisotopic (exact) mass is 980 g/mol. The van der Waals surface area contributed by atoms with Gasteiger partial charge in [-0.05, 0) is 153 Å². The number of anilines is 1. The minimum Gasteiger partial charge on any atom is -0.388 e. The van der Waals surface area contributed by atoms with Crippen LogP contribution in [-0.4, -0.2) is 126 Å². The van der Waals surface area contributed by atoms with Crippen LogP contribution in [0.15, 0.2) is 67.0 Å². The van der Waals surface area contributed by atoms with Crippen molar-refractivity contribution in [2.45, 2.75) is 142 Å². The summed E-state index contributed by atoms with van der Waals surface area (Å²) in [6.45, 7) is 20.8. The molecule has 3 fully saturated rings. The zero-order valence-electron chi connectivity index (χ0n) is 44.5. The largest absolute Gasteiger partial charge is 0.388 e. The van der Waals surface area contributed by atoms with E-state index in [4.69, 9.17) is 0 Å². The molecular weight excluding hydrogens is 895 g/mol. The number of aromatic nitrogens is 2. The molecule has 3 amide bonds. The number of carbonyl (C=O) groups is 3. The predicted molar refractivity (Wildman–Crippen MR) is 294 cm³/mol. The Morgan fingerprint density at radius 3 is 1.38 bits per heavy atom. The van der Waals surface area contributed by atoms with Gasteiger partial charge < -0.3 is 31.2 Å². The number of carbonyl (C=O) groups excluding carboxylic acids is 3. The molecule has 3 aliphatic carbocycles. The molecule has 0 saturated carbocycles. The van der Waals surface area contributed by atoms with Crippen LogP contribution in [0, 0.1) is 17.8 Å². The van der Waals surface area contributed by atoms with E-state index in [1.807, 2.05) is 7.05 Å². The highest BCUT2D eigenvalue weighted by atomic mass is 16.2. The number of fused-ring (bicyclic) bond motifs is 7. The number of piperidine rings is 3. The summed E-state index contributed by atoms with van der Waals surface area (Å²) >= 11 is 0. The number of nitrogens with one attached hydrogen (secondary N) is 6. The average molecular weight is 980 g/mol. The Labute approximate surface area is 429 Å². The number of amides is 3. The third kappa shape index (κ3) is 11.2. The third-order valence-corrected chi connectivity index (χ3v) is 17.4. The van der Waals surface area contributed by atoms with Crippen LogP contribution in [0.25, 0.3) is 21.8 Å². The van der Waals surface area contributed by atoms with E-state index in [1.54, 1.807) is 20.8 Å². The van der Waals surface area contributed by atoms with E-state index >= 15 is 0 Å². The molecule has 6 aliphatic rings. The molecule has 3 aromatic carbocycles. The van der Waals surface area contributed by atoms with Crippen molar-refractivity contribution in [3.8, 4) is 0 Å². The van der Waals surface area contributed by atoms with Gasteiger partial charge in [-0.1, -0.05) is 57.2 Å². The molecule has 11 rings (SSSR count). The lowest BCUT2D eigenvalue weighted by Gasteiger charge is -2.48. The fraction of sp³-hybridized carbons (Fsp3) is 0.583. The Morgan fingerprint density at radius 1 is 0.556 bits per heavy atom. The maximum absolute atomic E-state index is 11.3. The van der Waals surface area contributed by atoms with E-state index in [0.29, 0.717) is 53.6 Å².